The van der Waals surface area contributed by atoms with Gasteiger partial charge in [0.25, 0.3) is 0 Å². The molecule has 1 aliphatic rings. The van der Waals surface area contributed by atoms with Crippen LogP contribution in [0.3, 0.4) is 0 Å². The molecular weight excluding hydrogens is 495 g/mol. The minimum Gasteiger partial charge on any atom is -0.357 e. The number of halogens is 2. The first-order valence-electron chi connectivity index (χ1n) is 8.92. The van der Waals surface area contributed by atoms with Gasteiger partial charge in [-0.1, -0.05) is 28.9 Å². The number of hydrogen-bond donors (Lipinski definition) is 2. The number of carbonyl (C=O) groups is 1. The fraction of sp³-hybridized carbons (Fsp3) is 0.444. The normalized spacial score (nSPS) is 17.2. The minimum atomic E-state index is 0. The van der Waals surface area contributed by atoms with E-state index in [1.165, 1.54) is 0 Å². The molecule has 1 aromatic carbocycles. The van der Waals surface area contributed by atoms with Crippen LogP contribution >= 0.6 is 35.6 Å². The van der Waals surface area contributed by atoms with Crippen molar-refractivity contribution in [2.24, 2.45) is 4.99 Å². The summed E-state index contributed by atoms with van der Waals surface area (Å²) in [7, 11) is 1.82. The van der Waals surface area contributed by atoms with Gasteiger partial charge in [0.05, 0.1) is 0 Å². The lowest BCUT2D eigenvalue weighted by Crippen LogP contribution is -2.51. The van der Waals surface area contributed by atoms with E-state index in [1.54, 1.807) is 17.0 Å². The van der Waals surface area contributed by atoms with Gasteiger partial charge in [0.15, 0.2) is 5.96 Å². The highest BCUT2D eigenvalue weighted by atomic mass is 127. The van der Waals surface area contributed by atoms with Crippen LogP contribution in [0.25, 0.3) is 11.4 Å². The van der Waals surface area contributed by atoms with Crippen LogP contribution in [0.2, 0.25) is 5.02 Å². The van der Waals surface area contributed by atoms with Crippen molar-refractivity contribution in [3.8, 4) is 11.4 Å². The summed E-state index contributed by atoms with van der Waals surface area (Å²) in [5.41, 5.74) is 0.793. The molecule has 0 saturated carbocycles. The Balaban J connectivity index is 0.00000280. The second-order valence-corrected chi connectivity index (χ2v) is 6.81. The van der Waals surface area contributed by atoms with Crippen LogP contribution in [0.5, 0.6) is 0 Å². The largest absolute Gasteiger partial charge is 0.357 e. The second-order valence-electron chi connectivity index (χ2n) is 6.37. The van der Waals surface area contributed by atoms with Crippen molar-refractivity contribution in [1.29, 1.82) is 0 Å². The fourth-order valence-corrected chi connectivity index (χ4v) is 3.04. The monoisotopic (exact) mass is 518 g/mol. The van der Waals surface area contributed by atoms with Crippen molar-refractivity contribution < 1.29 is 9.32 Å². The number of amides is 1. The van der Waals surface area contributed by atoms with E-state index in [0.717, 1.165) is 18.5 Å². The lowest BCUT2D eigenvalue weighted by atomic mass is 10.1. The van der Waals surface area contributed by atoms with E-state index >= 15 is 0 Å². The molecule has 1 aromatic heterocycles. The molecule has 1 unspecified atom stereocenters. The van der Waals surface area contributed by atoms with Gasteiger partial charge in [-0.3, -0.25) is 4.79 Å². The number of likely N-dealkylation sites (N-methyl/N-ethyl adjacent to an activating group) is 1. The zero-order valence-corrected chi connectivity index (χ0v) is 18.9. The van der Waals surface area contributed by atoms with Gasteiger partial charge in [0.1, 0.15) is 6.54 Å². The number of carbonyl (C=O) groups excluding carboxylic acids is 1. The molecule has 0 bridgehead atoms. The van der Waals surface area contributed by atoms with Crippen molar-refractivity contribution in [1.82, 2.24) is 25.7 Å². The smallest absolute Gasteiger partial charge is 0.248 e. The van der Waals surface area contributed by atoms with Gasteiger partial charge in [0, 0.05) is 43.2 Å². The third-order valence-electron chi connectivity index (χ3n) is 4.24. The van der Waals surface area contributed by atoms with Crippen molar-refractivity contribution in [3.63, 3.8) is 0 Å². The Morgan fingerprint density at radius 1 is 1.46 bits per heavy atom. The van der Waals surface area contributed by atoms with E-state index in [9.17, 15) is 4.79 Å². The van der Waals surface area contributed by atoms with E-state index in [1.807, 2.05) is 26.1 Å². The molecule has 2 aromatic rings. The Kier molecular flexibility index (Phi) is 8.49. The quantitative estimate of drug-likeness (QED) is 0.359. The summed E-state index contributed by atoms with van der Waals surface area (Å²) >= 11 is 6.00. The Hall–Kier alpha value is -1.88. The van der Waals surface area contributed by atoms with E-state index in [4.69, 9.17) is 16.1 Å². The summed E-state index contributed by atoms with van der Waals surface area (Å²) in [6.45, 7) is 3.63. The summed E-state index contributed by atoms with van der Waals surface area (Å²) < 4.78 is 5.29. The van der Waals surface area contributed by atoms with Gasteiger partial charge in [-0.25, -0.2) is 4.99 Å². The van der Waals surface area contributed by atoms with Crippen molar-refractivity contribution in [2.45, 2.75) is 32.4 Å². The highest BCUT2D eigenvalue weighted by molar-refractivity contribution is 14.0. The second kappa shape index (κ2) is 10.6. The first-order valence-corrected chi connectivity index (χ1v) is 9.30. The SMILES string of the molecule is CCNC(=NCc1nc(-c2cccc(Cl)c2)no1)NC1CCC(=O)N(C)C1.I. The van der Waals surface area contributed by atoms with E-state index in [0.29, 0.717) is 35.7 Å². The Morgan fingerprint density at radius 2 is 2.29 bits per heavy atom. The zero-order valence-electron chi connectivity index (χ0n) is 15.8. The summed E-state index contributed by atoms with van der Waals surface area (Å²) in [6.07, 6.45) is 1.33. The Morgan fingerprint density at radius 3 is 3.00 bits per heavy atom. The van der Waals surface area contributed by atoms with Crippen LogP contribution in [0, 0.1) is 0 Å². The maximum absolute atomic E-state index is 11.6. The molecule has 0 aliphatic carbocycles. The van der Waals surface area contributed by atoms with Crippen molar-refractivity contribution in [3.05, 3.63) is 35.2 Å². The van der Waals surface area contributed by atoms with Crippen LogP contribution in [-0.4, -0.2) is 53.1 Å². The fourth-order valence-electron chi connectivity index (χ4n) is 2.85. The molecule has 2 N–H and O–H groups in total. The van der Waals surface area contributed by atoms with Gasteiger partial charge < -0.3 is 20.1 Å². The van der Waals surface area contributed by atoms with Gasteiger partial charge in [-0.2, -0.15) is 4.98 Å². The summed E-state index contributed by atoms with van der Waals surface area (Å²) in [5.74, 6) is 1.73. The molecule has 8 nitrogen and oxygen atoms in total. The van der Waals surface area contributed by atoms with Gasteiger partial charge in [-0.15, -0.1) is 24.0 Å². The lowest BCUT2D eigenvalue weighted by molar-refractivity contribution is -0.132. The predicted molar refractivity (Wildman–Crippen MR) is 119 cm³/mol. The topological polar surface area (TPSA) is 95.6 Å². The molecule has 0 radical (unpaired) electrons. The van der Waals surface area contributed by atoms with Crippen LogP contribution in [0.4, 0.5) is 0 Å². The maximum atomic E-state index is 11.6. The molecular formula is C18H24ClIN6O2. The first-order chi connectivity index (χ1) is 13.0. The standard InChI is InChI=1S/C18H23ClN6O2.HI/c1-3-20-18(22-14-7-8-16(26)25(2)11-14)21-10-15-23-17(24-27-15)12-5-4-6-13(19)9-12;/h4-6,9,14H,3,7-8,10-11H2,1-2H3,(H2,20,21,22);1H. The zero-order chi connectivity index (χ0) is 19.2. The molecule has 1 fully saturated rings. The molecule has 3 rings (SSSR count). The summed E-state index contributed by atoms with van der Waals surface area (Å²) in [4.78, 5) is 22.2. The number of hydrogen-bond acceptors (Lipinski definition) is 5. The summed E-state index contributed by atoms with van der Waals surface area (Å²) in [6, 6.07) is 7.45. The molecule has 1 saturated heterocycles. The maximum Gasteiger partial charge on any atom is 0.248 e. The molecule has 152 valence electrons. The average molecular weight is 519 g/mol. The molecule has 28 heavy (non-hydrogen) atoms. The molecule has 10 heteroatoms. The number of likely N-dealkylation sites (tertiary alicyclic amines) is 1. The molecule has 2 heterocycles. The molecule has 1 aliphatic heterocycles. The van der Waals surface area contributed by atoms with Gasteiger partial charge >= 0.3 is 0 Å². The molecule has 0 spiro atoms. The third-order valence-corrected chi connectivity index (χ3v) is 4.47. The average Bonchev–Trinajstić information content (AvgIpc) is 3.12. The highest BCUT2D eigenvalue weighted by Crippen LogP contribution is 2.20. The molecule has 1 amide bonds. The van der Waals surface area contributed by atoms with Crippen molar-refractivity contribution >= 4 is 47.4 Å². The summed E-state index contributed by atoms with van der Waals surface area (Å²) in [5, 5.41) is 11.2. The van der Waals surface area contributed by atoms with Crippen molar-refractivity contribution in [2.75, 3.05) is 20.1 Å². The van der Waals surface area contributed by atoms with Gasteiger partial charge in [-0.05, 0) is 25.5 Å². The first kappa shape index (κ1) is 22.4. The minimum absolute atomic E-state index is 0. The number of rotatable bonds is 5. The predicted octanol–water partition coefficient (Wildman–Crippen LogP) is 2.68. The molecule has 1 atom stereocenters. The van der Waals surface area contributed by atoms with E-state index in [2.05, 4.69) is 25.8 Å². The Labute approximate surface area is 186 Å². The van der Waals surface area contributed by atoms with Crippen LogP contribution in [-0.2, 0) is 11.3 Å². The van der Waals surface area contributed by atoms with Gasteiger partial charge in [0.2, 0.25) is 17.6 Å². The van der Waals surface area contributed by atoms with Crippen LogP contribution < -0.4 is 10.6 Å². The highest BCUT2D eigenvalue weighted by Gasteiger charge is 2.23. The number of guanidine groups is 1. The lowest BCUT2D eigenvalue weighted by Gasteiger charge is -2.31. The number of nitrogens with zero attached hydrogens (tertiary/aromatic N) is 4. The third kappa shape index (κ3) is 6.06. The number of nitrogens with one attached hydrogen (secondary N) is 2. The van der Waals surface area contributed by atoms with Crippen LogP contribution in [0.1, 0.15) is 25.7 Å². The van der Waals surface area contributed by atoms with E-state index < -0.39 is 0 Å². The number of benzene rings is 1. The Bertz CT molecular complexity index is 828. The number of aromatic nitrogens is 2. The number of aliphatic imine (C=N–C) groups is 1. The number of piperidine rings is 1. The van der Waals surface area contributed by atoms with Crippen LogP contribution in [0.15, 0.2) is 33.8 Å². The van der Waals surface area contributed by atoms with E-state index in [-0.39, 0.29) is 42.5 Å².